The number of allylic oxidation sites excluding steroid dienone is 1. The molecule has 62 heavy (non-hydrogen) atoms. The molecule has 2 aliphatic heterocycles. The van der Waals surface area contributed by atoms with Crippen molar-refractivity contribution in [1.82, 2.24) is 4.90 Å². The van der Waals surface area contributed by atoms with Gasteiger partial charge in [0.15, 0.2) is 11.5 Å². The molecular formula is C50H62N2O9S. The van der Waals surface area contributed by atoms with E-state index in [0.717, 1.165) is 71.6 Å². The summed E-state index contributed by atoms with van der Waals surface area (Å²) in [6, 6.07) is 19.4. The number of unbranched alkanes of at least 4 members (excludes halogenated alkanes) is 2. The Labute approximate surface area is 370 Å². The highest BCUT2D eigenvalue weighted by molar-refractivity contribution is 7.98. The Morgan fingerprint density at radius 2 is 1.68 bits per heavy atom. The Hall–Kier alpha value is -4.49. The van der Waals surface area contributed by atoms with Crippen LogP contribution in [0.1, 0.15) is 95.6 Å². The van der Waals surface area contributed by atoms with Crippen molar-refractivity contribution in [2.24, 2.45) is 28.8 Å². The number of amides is 1. The van der Waals surface area contributed by atoms with E-state index >= 15 is 0 Å². The molecule has 2 saturated carbocycles. The van der Waals surface area contributed by atoms with Gasteiger partial charge >= 0.3 is 0 Å². The van der Waals surface area contributed by atoms with Crippen LogP contribution in [0.15, 0.2) is 95.0 Å². The molecule has 3 aromatic carbocycles. The van der Waals surface area contributed by atoms with E-state index in [-0.39, 0.29) is 56.2 Å². The predicted octanol–water partition coefficient (Wildman–Crippen LogP) is 9.80. The van der Waals surface area contributed by atoms with Crippen molar-refractivity contribution in [3.8, 4) is 28.7 Å². The Morgan fingerprint density at radius 1 is 0.952 bits per heavy atom. The van der Waals surface area contributed by atoms with Crippen molar-refractivity contribution in [2.45, 2.75) is 113 Å². The van der Waals surface area contributed by atoms with E-state index < -0.39 is 23.3 Å². The quantitative estimate of drug-likeness (QED) is 0.0520. The van der Waals surface area contributed by atoms with Crippen LogP contribution in [0, 0.1) is 23.7 Å². The number of hydrogen-bond donors (Lipinski definition) is 2. The van der Waals surface area contributed by atoms with E-state index in [0.29, 0.717) is 48.8 Å². The van der Waals surface area contributed by atoms with E-state index in [4.69, 9.17) is 33.7 Å². The molecule has 2 fully saturated rings. The molecule has 3 aliphatic carbocycles. The maximum atomic E-state index is 14.9. The number of aliphatic hydroxyl groups is 2. The van der Waals surface area contributed by atoms with Crippen molar-refractivity contribution < 1.29 is 43.5 Å². The first-order valence-corrected chi connectivity index (χ1v) is 23.6. The lowest BCUT2D eigenvalue weighted by Gasteiger charge is -2.60. The minimum Gasteiger partial charge on any atom is -0.459 e. The molecule has 2 heterocycles. The molecule has 3 aromatic rings. The molecule has 332 valence electrons. The van der Waals surface area contributed by atoms with E-state index in [1.54, 1.807) is 17.8 Å². The fourth-order valence-corrected chi connectivity index (χ4v) is 10.2. The average Bonchev–Trinajstić information content (AvgIpc) is 4.02. The van der Waals surface area contributed by atoms with Gasteiger partial charge in [0, 0.05) is 48.5 Å². The van der Waals surface area contributed by atoms with Gasteiger partial charge in [0.2, 0.25) is 18.5 Å². The first kappa shape index (κ1) is 44.1. The van der Waals surface area contributed by atoms with E-state index in [2.05, 4.69) is 37.1 Å². The first-order valence-electron chi connectivity index (χ1n) is 22.3. The molecule has 0 aromatic heterocycles. The minimum atomic E-state index is -1.36. The molecule has 0 bridgehead atoms. The summed E-state index contributed by atoms with van der Waals surface area (Å²) in [4.78, 5) is 24.4. The third-order valence-corrected chi connectivity index (χ3v) is 13.5. The number of thioether (sulfide) groups is 1. The van der Waals surface area contributed by atoms with Crippen LogP contribution < -0.4 is 18.9 Å². The van der Waals surface area contributed by atoms with Crippen LogP contribution in [-0.2, 0) is 20.9 Å². The number of oxime groups is 1. The molecule has 0 saturated heterocycles. The van der Waals surface area contributed by atoms with Crippen LogP contribution in [0.25, 0.3) is 0 Å². The lowest BCUT2D eigenvalue weighted by molar-refractivity contribution is -0.258. The van der Waals surface area contributed by atoms with Crippen LogP contribution in [0.2, 0.25) is 0 Å². The summed E-state index contributed by atoms with van der Waals surface area (Å²) in [5, 5.41) is 25.0. The number of nitrogens with zero attached hydrogens (tertiary/aromatic N) is 2. The SMILES string of the molecule is C=CCOC12Oc3ccc(Oc4ccc(SC)cc4)cc3C3C(CCCCO)C(CCCCO)C=C(C(=NOC(C)(C)C)CC1N(Cc1ccc4c(c1)OCO4)C(=O)C1CC1)C32. The summed E-state index contributed by atoms with van der Waals surface area (Å²) in [6.07, 6.45) is 12.9. The van der Waals surface area contributed by atoms with Crippen LogP contribution in [0.4, 0.5) is 0 Å². The zero-order valence-electron chi connectivity index (χ0n) is 36.6. The lowest BCUT2D eigenvalue weighted by atomic mass is 9.55. The summed E-state index contributed by atoms with van der Waals surface area (Å²) < 4.78 is 32.7. The first-order chi connectivity index (χ1) is 30.0. The van der Waals surface area contributed by atoms with Crippen molar-refractivity contribution in [3.63, 3.8) is 0 Å². The Balaban J connectivity index is 1.33. The normalized spacial score (nSPS) is 25.3. The number of carbonyl (C=O) groups excluding carboxylic acids is 1. The summed E-state index contributed by atoms with van der Waals surface area (Å²) in [5.41, 5.74) is 3.10. The highest BCUT2D eigenvalue weighted by Gasteiger charge is 2.66. The zero-order valence-corrected chi connectivity index (χ0v) is 37.4. The zero-order chi connectivity index (χ0) is 43.4. The topological polar surface area (TPSA) is 129 Å². The second-order valence-electron chi connectivity index (χ2n) is 18.2. The van der Waals surface area contributed by atoms with Crippen molar-refractivity contribution in [2.75, 3.05) is 32.9 Å². The van der Waals surface area contributed by atoms with Gasteiger partial charge in [0.05, 0.1) is 18.2 Å². The largest absolute Gasteiger partial charge is 0.459 e. The van der Waals surface area contributed by atoms with Crippen molar-refractivity contribution >= 4 is 23.4 Å². The third kappa shape index (κ3) is 9.39. The Bertz CT molecular complexity index is 2130. The monoisotopic (exact) mass is 866 g/mol. The average molecular weight is 867 g/mol. The summed E-state index contributed by atoms with van der Waals surface area (Å²) in [5.74, 6) is 1.63. The maximum Gasteiger partial charge on any atom is 0.239 e. The van der Waals surface area contributed by atoms with E-state index in [1.807, 2.05) is 68.1 Å². The Morgan fingerprint density at radius 3 is 2.39 bits per heavy atom. The van der Waals surface area contributed by atoms with Gasteiger partial charge < -0.3 is 43.6 Å². The number of hydrogen-bond acceptors (Lipinski definition) is 11. The number of aliphatic hydroxyl groups excluding tert-OH is 2. The number of fused-ring (bicyclic) bond motifs is 3. The molecule has 12 heteroatoms. The van der Waals surface area contributed by atoms with Gasteiger partial charge in [-0.25, -0.2) is 0 Å². The number of rotatable bonds is 19. The standard InChI is InChI=1S/C50H62N2O9S/c1-6-25-58-50-45(52(48(55)33-14-15-33)30-32-13-21-43-44(26-32)57-31-56-43)29-41(51-61-49(2,3)4)39-27-34(11-7-9-23-53)38(12-8-10-24-54)46(47(39)50)40-28-36(18-22-42(40)60-50)59-35-16-19-37(62-5)20-17-35/h6,13,16-22,26-28,33-34,38,45-47,53-54H,1,7-12,14-15,23-25,29-31H2,2-5H3. The van der Waals surface area contributed by atoms with Gasteiger partial charge in [-0.3, -0.25) is 4.79 Å². The van der Waals surface area contributed by atoms with Gasteiger partial charge in [-0.1, -0.05) is 36.2 Å². The smallest absolute Gasteiger partial charge is 0.239 e. The number of benzene rings is 3. The Kier molecular flexibility index (Phi) is 13.6. The second kappa shape index (κ2) is 19.1. The fourth-order valence-electron chi connectivity index (χ4n) is 9.83. The maximum absolute atomic E-state index is 14.9. The molecule has 6 unspecified atom stereocenters. The summed E-state index contributed by atoms with van der Waals surface area (Å²) in [7, 11) is 0. The van der Waals surface area contributed by atoms with Gasteiger partial charge in [0.1, 0.15) is 28.9 Å². The van der Waals surface area contributed by atoms with Crippen LogP contribution >= 0.6 is 11.8 Å². The molecule has 6 atom stereocenters. The molecule has 2 N–H and O–H groups in total. The van der Waals surface area contributed by atoms with Gasteiger partial charge in [-0.05, 0) is 143 Å². The highest BCUT2D eigenvalue weighted by Crippen LogP contribution is 2.62. The van der Waals surface area contributed by atoms with Crippen LogP contribution in [-0.4, -0.2) is 77.0 Å². The van der Waals surface area contributed by atoms with E-state index in [9.17, 15) is 15.0 Å². The van der Waals surface area contributed by atoms with Crippen molar-refractivity contribution in [1.29, 1.82) is 0 Å². The summed E-state index contributed by atoms with van der Waals surface area (Å²) >= 11 is 1.68. The number of carbonyl (C=O) groups is 1. The minimum absolute atomic E-state index is 0.0529. The van der Waals surface area contributed by atoms with Crippen LogP contribution in [0.3, 0.4) is 0 Å². The fraction of sp³-hybridized carbons (Fsp3) is 0.520. The molecule has 8 rings (SSSR count). The summed E-state index contributed by atoms with van der Waals surface area (Å²) in [6.45, 7) is 10.9. The lowest BCUT2D eigenvalue weighted by Crippen LogP contribution is -2.70. The number of ether oxygens (including phenoxy) is 5. The van der Waals surface area contributed by atoms with Gasteiger partial charge in [0.25, 0.3) is 0 Å². The molecule has 0 spiro atoms. The van der Waals surface area contributed by atoms with Crippen LogP contribution in [0.5, 0.6) is 28.7 Å². The molecule has 1 amide bonds. The van der Waals surface area contributed by atoms with Crippen molar-refractivity contribution in [3.05, 3.63) is 96.1 Å². The molecular weight excluding hydrogens is 805 g/mol. The van der Waals surface area contributed by atoms with Gasteiger partial charge in [-0.15, -0.1) is 18.3 Å². The predicted molar refractivity (Wildman–Crippen MR) is 240 cm³/mol. The second-order valence-corrected chi connectivity index (χ2v) is 19.1. The molecule has 5 aliphatic rings. The highest BCUT2D eigenvalue weighted by atomic mass is 32.2. The van der Waals surface area contributed by atoms with E-state index in [1.165, 1.54) is 0 Å². The third-order valence-electron chi connectivity index (χ3n) is 12.7. The molecule has 0 radical (unpaired) electrons. The van der Waals surface area contributed by atoms with Gasteiger partial charge in [-0.2, -0.15) is 0 Å². The molecule has 11 nitrogen and oxygen atoms in total.